The molecular formula is C17H26N2O2. The second kappa shape index (κ2) is 7.46. The van der Waals surface area contributed by atoms with Crippen molar-refractivity contribution in [1.29, 1.82) is 0 Å². The highest BCUT2D eigenvalue weighted by Crippen LogP contribution is 2.19. The number of nitrogens with one attached hydrogen (secondary N) is 1. The number of carbonyl (C=O) groups is 1. The maximum atomic E-state index is 12.3. The number of aryl methyl sites for hydroxylation is 1. The fourth-order valence-corrected chi connectivity index (χ4v) is 2.95. The lowest BCUT2D eigenvalue weighted by Crippen LogP contribution is -2.47. The Balaban J connectivity index is 1.89. The highest BCUT2D eigenvalue weighted by Gasteiger charge is 2.26. The van der Waals surface area contributed by atoms with Crippen LogP contribution in [0.5, 0.6) is 0 Å². The number of urea groups is 1. The second-order valence-electron chi connectivity index (χ2n) is 5.87. The summed E-state index contributed by atoms with van der Waals surface area (Å²) < 4.78 is 0. The molecule has 1 aromatic carbocycles. The van der Waals surface area contributed by atoms with Gasteiger partial charge in [0.25, 0.3) is 0 Å². The monoisotopic (exact) mass is 290 g/mol. The molecule has 21 heavy (non-hydrogen) atoms. The van der Waals surface area contributed by atoms with Crippen LogP contribution in [0, 0.1) is 5.92 Å². The third-order valence-electron chi connectivity index (χ3n) is 4.36. The summed E-state index contributed by atoms with van der Waals surface area (Å²) in [6, 6.07) is 8.18. The van der Waals surface area contributed by atoms with Gasteiger partial charge in [0.2, 0.25) is 0 Å². The Bertz CT molecular complexity index is 474. The van der Waals surface area contributed by atoms with Gasteiger partial charge in [0, 0.05) is 25.6 Å². The van der Waals surface area contributed by atoms with E-state index < -0.39 is 0 Å². The molecule has 0 aliphatic carbocycles. The molecule has 1 saturated heterocycles. The number of piperidine rings is 1. The standard InChI is InChI=1S/C17H26N2O2/c1-3-14-7-4-5-8-15(14)11-18-17(21)19-10-6-9-16(12-19)13(2)20/h4-5,7-8,13,16,20H,3,6,9-12H2,1-2H3,(H,18,21). The number of hydrogen-bond donors (Lipinski definition) is 2. The van der Waals surface area contributed by atoms with Crippen LogP contribution in [0.2, 0.25) is 0 Å². The highest BCUT2D eigenvalue weighted by atomic mass is 16.3. The van der Waals surface area contributed by atoms with Gasteiger partial charge in [0.1, 0.15) is 0 Å². The number of amides is 2. The van der Waals surface area contributed by atoms with Crippen LogP contribution < -0.4 is 5.32 Å². The number of aliphatic hydroxyl groups is 1. The van der Waals surface area contributed by atoms with E-state index in [-0.39, 0.29) is 18.1 Å². The van der Waals surface area contributed by atoms with Gasteiger partial charge in [-0.3, -0.25) is 0 Å². The van der Waals surface area contributed by atoms with Gasteiger partial charge in [-0.1, -0.05) is 31.2 Å². The van der Waals surface area contributed by atoms with E-state index in [9.17, 15) is 9.90 Å². The second-order valence-corrected chi connectivity index (χ2v) is 5.87. The third kappa shape index (κ3) is 4.21. The van der Waals surface area contributed by atoms with E-state index in [1.54, 1.807) is 0 Å². The summed E-state index contributed by atoms with van der Waals surface area (Å²) in [5.74, 6) is 0.201. The molecule has 1 aromatic rings. The van der Waals surface area contributed by atoms with Crippen LogP contribution >= 0.6 is 0 Å². The van der Waals surface area contributed by atoms with E-state index in [0.29, 0.717) is 13.1 Å². The molecule has 1 aliphatic heterocycles. The summed E-state index contributed by atoms with van der Waals surface area (Å²) in [7, 11) is 0. The maximum absolute atomic E-state index is 12.3. The summed E-state index contributed by atoms with van der Waals surface area (Å²) in [6.07, 6.45) is 2.59. The molecule has 4 heteroatoms. The number of rotatable bonds is 4. The minimum absolute atomic E-state index is 0.0220. The normalized spacial score (nSPS) is 20.1. The molecule has 1 fully saturated rings. The van der Waals surface area contributed by atoms with Crippen molar-refractivity contribution in [1.82, 2.24) is 10.2 Å². The largest absolute Gasteiger partial charge is 0.393 e. The van der Waals surface area contributed by atoms with Crippen molar-refractivity contribution in [2.45, 2.75) is 45.8 Å². The van der Waals surface area contributed by atoms with E-state index >= 15 is 0 Å². The van der Waals surface area contributed by atoms with Crippen molar-refractivity contribution >= 4 is 6.03 Å². The Morgan fingerprint density at radius 3 is 2.81 bits per heavy atom. The minimum atomic E-state index is -0.346. The summed E-state index contributed by atoms with van der Waals surface area (Å²) in [4.78, 5) is 14.1. The maximum Gasteiger partial charge on any atom is 0.317 e. The fourth-order valence-electron chi connectivity index (χ4n) is 2.95. The van der Waals surface area contributed by atoms with Crippen molar-refractivity contribution < 1.29 is 9.90 Å². The predicted molar refractivity (Wildman–Crippen MR) is 84.0 cm³/mol. The average molecular weight is 290 g/mol. The summed E-state index contributed by atoms with van der Waals surface area (Å²) in [6.45, 7) is 5.93. The van der Waals surface area contributed by atoms with E-state index in [1.165, 1.54) is 11.1 Å². The zero-order valence-corrected chi connectivity index (χ0v) is 13.0. The van der Waals surface area contributed by atoms with Gasteiger partial charge < -0.3 is 15.3 Å². The Morgan fingerprint density at radius 2 is 2.14 bits per heavy atom. The lowest BCUT2D eigenvalue weighted by molar-refractivity contribution is 0.0738. The molecule has 4 nitrogen and oxygen atoms in total. The van der Waals surface area contributed by atoms with Gasteiger partial charge in [-0.15, -0.1) is 0 Å². The first kappa shape index (κ1) is 15.8. The molecule has 2 rings (SSSR count). The van der Waals surface area contributed by atoms with E-state index in [1.807, 2.05) is 24.0 Å². The van der Waals surface area contributed by atoms with Crippen molar-refractivity contribution in [3.63, 3.8) is 0 Å². The van der Waals surface area contributed by atoms with Crippen molar-refractivity contribution in [2.75, 3.05) is 13.1 Å². The number of nitrogens with zero attached hydrogens (tertiary/aromatic N) is 1. The highest BCUT2D eigenvalue weighted by molar-refractivity contribution is 5.74. The molecule has 1 heterocycles. The first-order valence-corrected chi connectivity index (χ1v) is 7.89. The molecule has 0 bridgehead atoms. The number of aliphatic hydroxyl groups excluding tert-OH is 1. The summed E-state index contributed by atoms with van der Waals surface area (Å²) in [5.41, 5.74) is 2.45. The molecule has 1 aliphatic rings. The van der Waals surface area contributed by atoms with Crippen molar-refractivity contribution in [2.24, 2.45) is 5.92 Å². The topological polar surface area (TPSA) is 52.6 Å². The molecule has 0 radical (unpaired) electrons. The quantitative estimate of drug-likeness (QED) is 0.895. The zero-order valence-electron chi connectivity index (χ0n) is 13.0. The lowest BCUT2D eigenvalue weighted by atomic mass is 9.94. The first-order chi connectivity index (χ1) is 10.1. The van der Waals surface area contributed by atoms with E-state index in [2.05, 4.69) is 24.4 Å². The van der Waals surface area contributed by atoms with Gasteiger partial charge in [-0.2, -0.15) is 0 Å². The van der Waals surface area contributed by atoms with Gasteiger partial charge >= 0.3 is 6.03 Å². The van der Waals surface area contributed by atoms with Crippen LogP contribution in [0.25, 0.3) is 0 Å². The smallest absolute Gasteiger partial charge is 0.317 e. The lowest BCUT2D eigenvalue weighted by Gasteiger charge is -2.34. The summed E-state index contributed by atoms with van der Waals surface area (Å²) in [5, 5.41) is 12.7. The summed E-state index contributed by atoms with van der Waals surface area (Å²) >= 11 is 0. The molecular weight excluding hydrogens is 264 g/mol. The average Bonchev–Trinajstić information content (AvgIpc) is 2.52. The molecule has 2 unspecified atom stereocenters. The zero-order chi connectivity index (χ0) is 15.2. The van der Waals surface area contributed by atoms with Gasteiger partial charge in [0.05, 0.1) is 6.10 Å². The molecule has 2 N–H and O–H groups in total. The Kier molecular flexibility index (Phi) is 5.62. The number of hydrogen-bond acceptors (Lipinski definition) is 2. The molecule has 0 aromatic heterocycles. The van der Waals surface area contributed by atoms with E-state index in [4.69, 9.17) is 0 Å². The molecule has 0 saturated carbocycles. The SMILES string of the molecule is CCc1ccccc1CNC(=O)N1CCCC(C(C)O)C1. The van der Waals surface area contributed by atoms with Gasteiger partial charge in [0.15, 0.2) is 0 Å². The molecule has 116 valence electrons. The van der Waals surface area contributed by atoms with E-state index in [0.717, 1.165) is 25.8 Å². The van der Waals surface area contributed by atoms with Crippen LogP contribution in [0.1, 0.15) is 37.8 Å². The van der Waals surface area contributed by atoms with Gasteiger partial charge in [-0.25, -0.2) is 4.79 Å². The predicted octanol–water partition coefficient (Wildman–Crippen LogP) is 2.55. The van der Waals surface area contributed by atoms with Gasteiger partial charge in [-0.05, 0) is 37.3 Å². The van der Waals surface area contributed by atoms with Crippen molar-refractivity contribution in [3.05, 3.63) is 35.4 Å². The minimum Gasteiger partial charge on any atom is -0.393 e. The Hall–Kier alpha value is -1.55. The third-order valence-corrected chi connectivity index (χ3v) is 4.36. The number of benzene rings is 1. The van der Waals surface area contributed by atoms with Crippen LogP contribution in [-0.2, 0) is 13.0 Å². The fraction of sp³-hybridized carbons (Fsp3) is 0.588. The number of likely N-dealkylation sites (tertiary alicyclic amines) is 1. The van der Waals surface area contributed by atoms with Crippen molar-refractivity contribution in [3.8, 4) is 0 Å². The first-order valence-electron chi connectivity index (χ1n) is 7.89. The van der Waals surface area contributed by atoms with Crippen LogP contribution in [0.15, 0.2) is 24.3 Å². The molecule has 2 atom stereocenters. The van der Waals surface area contributed by atoms with Crippen LogP contribution in [-0.4, -0.2) is 35.2 Å². The van der Waals surface area contributed by atoms with Crippen LogP contribution in [0.3, 0.4) is 0 Å². The molecule has 0 spiro atoms. The Labute approximate surface area is 127 Å². The molecule has 2 amide bonds. The Morgan fingerprint density at radius 1 is 1.43 bits per heavy atom. The number of carbonyl (C=O) groups excluding carboxylic acids is 1. The van der Waals surface area contributed by atoms with Crippen LogP contribution in [0.4, 0.5) is 4.79 Å².